The van der Waals surface area contributed by atoms with Gasteiger partial charge >= 0.3 is 0 Å². The molecule has 0 aliphatic rings. The van der Waals surface area contributed by atoms with Gasteiger partial charge in [0.25, 0.3) is 0 Å². The van der Waals surface area contributed by atoms with Crippen molar-refractivity contribution in [1.29, 1.82) is 0 Å². The summed E-state index contributed by atoms with van der Waals surface area (Å²) in [7, 11) is 3.65. The van der Waals surface area contributed by atoms with E-state index >= 15 is 0 Å². The zero-order valence-electron chi connectivity index (χ0n) is 17.3. The van der Waals surface area contributed by atoms with Gasteiger partial charge in [-0.3, -0.25) is 4.79 Å². The molecule has 0 fully saturated rings. The van der Waals surface area contributed by atoms with Crippen LogP contribution in [0.4, 0.5) is 15.8 Å². The number of methoxy groups -OCH3 is 1. The zero-order chi connectivity index (χ0) is 21.5. The molecule has 0 saturated carbocycles. The van der Waals surface area contributed by atoms with Gasteiger partial charge in [0.2, 0.25) is 6.41 Å². The molecule has 1 unspecified atom stereocenters. The minimum atomic E-state index is -0.297. The van der Waals surface area contributed by atoms with Crippen LogP contribution in [0.25, 0.3) is 11.1 Å². The SMILES string of the molecule is COc1ccc(C(CSC)N(C)c2ccc(-c3ccccc3F)cc2NC=O)cc1. The van der Waals surface area contributed by atoms with E-state index in [1.165, 1.54) is 6.07 Å². The van der Waals surface area contributed by atoms with Crippen LogP contribution in [-0.2, 0) is 4.79 Å². The number of nitrogens with zero attached hydrogens (tertiary/aromatic N) is 1. The Bertz CT molecular complexity index is 995. The summed E-state index contributed by atoms with van der Waals surface area (Å²) in [6.45, 7) is 0. The van der Waals surface area contributed by atoms with Crippen LogP contribution in [0.2, 0.25) is 0 Å². The molecule has 1 atom stereocenters. The van der Waals surface area contributed by atoms with Crippen molar-refractivity contribution in [3.63, 3.8) is 0 Å². The quantitative estimate of drug-likeness (QED) is 0.453. The summed E-state index contributed by atoms with van der Waals surface area (Å²) < 4.78 is 19.5. The van der Waals surface area contributed by atoms with E-state index in [1.807, 2.05) is 37.4 Å². The number of carbonyl (C=O) groups excluding carboxylic acids is 1. The summed E-state index contributed by atoms with van der Waals surface area (Å²) in [6.07, 6.45) is 2.71. The highest BCUT2D eigenvalue weighted by Crippen LogP contribution is 2.36. The summed E-state index contributed by atoms with van der Waals surface area (Å²) in [5, 5.41) is 2.78. The second-order valence-corrected chi connectivity index (χ2v) is 7.74. The predicted octanol–water partition coefficient (Wildman–Crippen LogP) is 5.61. The van der Waals surface area contributed by atoms with Gasteiger partial charge in [0.1, 0.15) is 11.6 Å². The normalized spacial score (nSPS) is 11.6. The largest absolute Gasteiger partial charge is 0.497 e. The number of anilines is 2. The molecule has 0 aliphatic heterocycles. The van der Waals surface area contributed by atoms with E-state index in [2.05, 4.69) is 28.6 Å². The van der Waals surface area contributed by atoms with Crippen LogP contribution < -0.4 is 15.0 Å². The van der Waals surface area contributed by atoms with Gasteiger partial charge < -0.3 is 15.0 Å². The summed E-state index contributed by atoms with van der Waals surface area (Å²) in [5.74, 6) is 1.37. The van der Waals surface area contributed by atoms with Crippen molar-refractivity contribution >= 4 is 29.5 Å². The first-order valence-corrected chi connectivity index (χ1v) is 10.9. The van der Waals surface area contributed by atoms with Crippen molar-refractivity contribution in [1.82, 2.24) is 0 Å². The lowest BCUT2D eigenvalue weighted by molar-refractivity contribution is -0.105. The third-order valence-electron chi connectivity index (χ3n) is 5.07. The Labute approximate surface area is 181 Å². The van der Waals surface area contributed by atoms with E-state index in [9.17, 15) is 9.18 Å². The molecular formula is C24H25FN2O2S. The summed E-state index contributed by atoms with van der Waals surface area (Å²) in [6, 6.07) is 20.3. The highest BCUT2D eigenvalue weighted by Gasteiger charge is 2.20. The molecule has 0 aliphatic carbocycles. The van der Waals surface area contributed by atoms with Gasteiger partial charge in [0, 0.05) is 18.4 Å². The van der Waals surface area contributed by atoms with E-state index in [0.717, 1.165) is 22.8 Å². The Morgan fingerprint density at radius 1 is 1.13 bits per heavy atom. The van der Waals surface area contributed by atoms with Crippen LogP contribution in [-0.4, -0.2) is 32.6 Å². The third-order valence-corrected chi connectivity index (χ3v) is 5.72. The molecule has 6 heteroatoms. The molecule has 30 heavy (non-hydrogen) atoms. The van der Waals surface area contributed by atoms with E-state index in [4.69, 9.17) is 4.74 Å². The number of amides is 1. The first-order valence-electron chi connectivity index (χ1n) is 9.54. The lowest BCUT2D eigenvalue weighted by atomic mass is 10.0. The van der Waals surface area contributed by atoms with E-state index in [0.29, 0.717) is 23.2 Å². The molecule has 1 N–H and O–H groups in total. The van der Waals surface area contributed by atoms with Crippen LogP contribution in [0.3, 0.4) is 0 Å². The van der Waals surface area contributed by atoms with Crippen molar-refractivity contribution in [3.8, 4) is 16.9 Å². The maximum Gasteiger partial charge on any atom is 0.211 e. The van der Waals surface area contributed by atoms with Crippen molar-refractivity contribution in [2.45, 2.75) is 6.04 Å². The summed E-state index contributed by atoms with van der Waals surface area (Å²) in [5.41, 5.74) is 3.84. The number of thioether (sulfide) groups is 1. The fourth-order valence-electron chi connectivity index (χ4n) is 3.47. The fourth-order valence-corrected chi connectivity index (χ4v) is 4.20. The van der Waals surface area contributed by atoms with Gasteiger partial charge in [0.05, 0.1) is 24.5 Å². The van der Waals surface area contributed by atoms with Crippen LogP contribution in [0, 0.1) is 5.82 Å². The third kappa shape index (κ3) is 4.76. The topological polar surface area (TPSA) is 41.6 Å². The second kappa shape index (κ2) is 10.2. The van der Waals surface area contributed by atoms with Gasteiger partial charge in [-0.2, -0.15) is 11.8 Å². The Kier molecular flexibility index (Phi) is 7.36. The molecule has 0 bridgehead atoms. The number of halogens is 1. The average molecular weight is 425 g/mol. The average Bonchev–Trinajstić information content (AvgIpc) is 2.78. The molecule has 156 valence electrons. The van der Waals surface area contributed by atoms with Gasteiger partial charge in [-0.05, 0) is 47.7 Å². The monoisotopic (exact) mass is 424 g/mol. The first-order chi connectivity index (χ1) is 14.6. The zero-order valence-corrected chi connectivity index (χ0v) is 18.1. The van der Waals surface area contributed by atoms with Gasteiger partial charge in [-0.25, -0.2) is 4.39 Å². The molecule has 1 amide bonds. The van der Waals surface area contributed by atoms with E-state index in [1.54, 1.807) is 37.1 Å². The molecule has 4 nitrogen and oxygen atoms in total. The van der Waals surface area contributed by atoms with E-state index in [-0.39, 0.29) is 11.9 Å². The molecule has 3 aromatic carbocycles. The van der Waals surface area contributed by atoms with Crippen molar-refractivity contribution in [2.24, 2.45) is 0 Å². The number of ether oxygens (including phenoxy) is 1. The molecule has 0 spiro atoms. The maximum absolute atomic E-state index is 14.3. The molecule has 3 aromatic rings. The van der Waals surface area contributed by atoms with Crippen molar-refractivity contribution in [2.75, 3.05) is 36.4 Å². The predicted molar refractivity (Wildman–Crippen MR) is 124 cm³/mol. The van der Waals surface area contributed by atoms with E-state index < -0.39 is 0 Å². The van der Waals surface area contributed by atoms with Gasteiger partial charge in [-0.1, -0.05) is 36.4 Å². The molecule has 0 saturated heterocycles. The maximum atomic E-state index is 14.3. The Hall–Kier alpha value is -2.99. The number of hydrogen-bond donors (Lipinski definition) is 1. The molecule has 0 aromatic heterocycles. The highest BCUT2D eigenvalue weighted by atomic mass is 32.2. The number of hydrogen-bond acceptors (Lipinski definition) is 4. The van der Waals surface area contributed by atoms with Crippen LogP contribution in [0.1, 0.15) is 11.6 Å². The number of benzene rings is 3. The van der Waals surface area contributed by atoms with Crippen LogP contribution in [0.5, 0.6) is 5.75 Å². The second-order valence-electron chi connectivity index (χ2n) is 6.83. The Balaban J connectivity index is 2.00. The summed E-state index contributed by atoms with van der Waals surface area (Å²) >= 11 is 1.75. The number of carbonyl (C=O) groups is 1. The Morgan fingerprint density at radius 3 is 2.50 bits per heavy atom. The Morgan fingerprint density at radius 2 is 1.87 bits per heavy atom. The highest BCUT2D eigenvalue weighted by molar-refractivity contribution is 7.98. The smallest absolute Gasteiger partial charge is 0.211 e. The minimum Gasteiger partial charge on any atom is -0.497 e. The van der Waals surface area contributed by atoms with Gasteiger partial charge in [0.15, 0.2) is 0 Å². The van der Waals surface area contributed by atoms with Crippen LogP contribution in [0.15, 0.2) is 66.7 Å². The molecular weight excluding hydrogens is 399 g/mol. The minimum absolute atomic E-state index is 0.0809. The summed E-state index contributed by atoms with van der Waals surface area (Å²) in [4.78, 5) is 13.4. The van der Waals surface area contributed by atoms with Crippen molar-refractivity contribution in [3.05, 3.63) is 78.1 Å². The van der Waals surface area contributed by atoms with Gasteiger partial charge in [-0.15, -0.1) is 0 Å². The number of rotatable bonds is 9. The van der Waals surface area contributed by atoms with Crippen molar-refractivity contribution < 1.29 is 13.9 Å². The molecule has 0 heterocycles. The van der Waals surface area contributed by atoms with Crippen LogP contribution >= 0.6 is 11.8 Å². The number of nitrogens with one attached hydrogen (secondary N) is 1. The molecule has 0 radical (unpaired) electrons. The standard InChI is InChI=1S/C24H25FN2O2S/c1-27(24(15-30-3)17-8-11-19(29-2)12-9-17)23-13-10-18(14-22(23)26-16-28)20-6-4-5-7-21(20)25/h4-14,16,24H,15H2,1-3H3,(H,26,28). The first kappa shape index (κ1) is 21.7. The lowest BCUT2D eigenvalue weighted by Gasteiger charge is -2.32. The fraction of sp³-hybridized carbons (Fsp3) is 0.208. The molecule has 3 rings (SSSR count). The lowest BCUT2D eigenvalue weighted by Crippen LogP contribution is -2.27.